The van der Waals surface area contributed by atoms with Crippen molar-refractivity contribution in [3.63, 3.8) is 0 Å². The first-order valence-corrected chi connectivity index (χ1v) is 4.80. The monoisotopic (exact) mass is 259 g/mol. The lowest BCUT2D eigenvalue weighted by atomic mass is 10.2. The lowest BCUT2D eigenvalue weighted by molar-refractivity contribution is -0.274. The highest BCUT2D eigenvalue weighted by atomic mass is 19.4. The van der Waals surface area contributed by atoms with Crippen LogP contribution in [0.25, 0.3) is 10.9 Å². The van der Waals surface area contributed by atoms with Crippen molar-refractivity contribution in [1.29, 1.82) is 0 Å². The SMILES string of the molecule is Cn1nc(C(N)=O)c2cc(OC(F)(F)F)ccc21. The van der Waals surface area contributed by atoms with Gasteiger partial charge in [-0.3, -0.25) is 9.48 Å². The Kier molecular flexibility index (Phi) is 2.64. The van der Waals surface area contributed by atoms with E-state index in [2.05, 4.69) is 9.84 Å². The van der Waals surface area contributed by atoms with Crippen molar-refractivity contribution >= 4 is 16.8 Å². The molecular formula is C10H8F3N3O2. The van der Waals surface area contributed by atoms with Crippen molar-refractivity contribution in [2.45, 2.75) is 6.36 Å². The van der Waals surface area contributed by atoms with Crippen LogP contribution < -0.4 is 10.5 Å². The van der Waals surface area contributed by atoms with Crippen LogP contribution >= 0.6 is 0 Å². The van der Waals surface area contributed by atoms with E-state index in [1.165, 1.54) is 10.7 Å². The number of aromatic nitrogens is 2. The third kappa shape index (κ3) is 2.22. The van der Waals surface area contributed by atoms with Crippen LogP contribution in [-0.4, -0.2) is 22.1 Å². The van der Waals surface area contributed by atoms with Crippen LogP contribution in [0.5, 0.6) is 5.75 Å². The van der Waals surface area contributed by atoms with Gasteiger partial charge >= 0.3 is 6.36 Å². The fourth-order valence-corrected chi connectivity index (χ4v) is 1.62. The summed E-state index contributed by atoms with van der Waals surface area (Å²) in [4.78, 5) is 11.1. The number of amides is 1. The molecule has 2 aromatic rings. The van der Waals surface area contributed by atoms with Gasteiger partial charge in [-0.25, -0.2) is 0 Å². The fraction of sp³-hybridized carbons (Fsp3) is 0.200. The van der Waals surface area contributed by atoms with Crippen LogP contribution in [0.15, 0.2) is 18.2 Å². The molecule has 5 nitrogen and oxygen atoms in total. The number of primary amides is 1. The molecular weight excluding hydrogens is 251 g/mol. The predicted molar refractivity (Wildman–Crippen MR) is 55.9 cm³/mol. The summed E-state index contributed by atoms with van der Waals surface area (Å²) in [6, 6.07) is 3.59. The predicted octanol–water partition coefficient (Wildman–Crippen LogP) is 1.57. The van der Waals surface area contributed by atoms with Crippen LogP contribution in [0.2, 0.25) is 0 Å². The van der Waals surface area contributed by atoms with E-state index in [9.17, 15) is 18.0 Å². The maximum Gasteiger partial charge on any atom is 0.573 e. The van der Waals surface area contributed by atoms with Crippen LogP contribution in [0.4, 0.5) is 13.2 Å². The number of aryl methyl sites for hydroxylation is 1. The number of ether oxygens (including phenoxy) is 1. The molecule has 1 heterocycles. The van der Waals surface area contributed by atoms with E-state index in [0.29, 0.717) is 5.52 Å². The normalized spacial score (nSPS) is 11.8. The number of carbonyl (C=O) groups excluding carboxylic acids is 1. The summed E-state index contributed by atoms with van der Waals surface area (Å²) >= 11 is 0. The Morgan fingerprint density at radius 1 is 1.44 bits per heavy atom. The lowest BCUT2D eigenvalue weighted by Gasteiger charge is -2.08. The summed E-state index contributed by atoms with van der Waals surface area (Å²) in [5.74, 6) is -1.24. The Hall–Kier alpha value is -2.25. The Labute approximate surface area is 98.9 Å². The molecule has 8 heteroatoms. The maximum absolute atomic E-state index is 12.1. The number of nitrogens with two attached hydrogens (primary N) is 1. The molecule has 0 bridgehead atoms. The quantitative estimate of drug-likeness (QED) is 0.889. The van der Waals surface area contributed by atoms with Gasteiger partial charge in [-0.05, 0) is 18.2 Å². The van der Waals surface area contributed by atoms with Gasteiger partial charge in [0.25, 0.3) is 5.91 Å². The first kappa shape index (κ1) is 12.2. The van der Waals surface area contributed by atoms with Crippen LogP contribution in [0.1, 0.15) is 10.5 Å². The van der Waals surface area contributed by atoms with Gasteiger partial charge in [0.05, 0.1) is 5.52 Å². The standard InChI is InChI=1S/C10H8F3N3O2/c1-16-7-3-2-5(18-10(11,12)13)4-6(7)8(15-16)9(14)17/h2-4H,1H3,(H2,14,17). The molecule has 2 rings (SSSR count). The van der Waals surface area contributed by atoms with Gasteiger partial charge in [-0.15, -0.1) is 13.2 Å². The summed E-state index contributed by atoms with van der Waals surface area (Å²) < 4.78 is 41.3. The van der Waals surface area contributed by atoms with Crippen molar-refractivity contribution in [1.82, 2.24) is 9.78 Å². The first-order valence-electron chi connectivity index (χ1n) is 4.80. The summed E-state index contributed by atoms with van der Waals surface area (Å²) in [5.41, 5.74) is 5.48. The molecule has 0 radical (unpaired) electrons. The molecule has 0 spiro atoms. The topological polar surface area (TPSA) is 70.1 Å². The number of nitrogens with zero attached hydrogens (tertiary/aromatic N) is 2. The number of hydrogen-bond donors (Lipinski definition) is 1. The first-order chi connectivity index (χ1) is 8.28. The van der Waals surface area contributed by atoms with Gasteiger partial charge in [-0.1, -0.05) is 0 Å². The molecule has 0 aliphatic heterocycles. The van der Waals surface area contributed by atoms with Crippen molar-refractivity contribution < 1.29 is 22.7 Å². The van der Waals surface area contributed by atoms with E-state index in [1.54, 1.807) is 7.05 Å². The smallest absolute Gasteiger partial charge is 0.406 e. The van der Waals surface area contributed by atoms with E-state index < -0.39 is 18.0 Å². The third-order valence-electron chi connectivity index (χ3n) is 2.29. The molecule has 0 aliphatic carbocycles. The molecule has 96 valence electrons. The van der Waals surface area contributed by atoms with Crippen molar-refractivity contribution in [3.8, 4) is 5.75 Å². The number of halogens is 3. The molecule has 1 aromatic carbocycles. The Morgan fingerprint density at radius 3 is 2.67 bits per heavy atom. The van der Waals surface area contributed by atoms with Crippen LogP contribution in [0.3, 0.4) is 0 Å². The summed E-state index contributed by atoms with van der Waals surface area (Å²) in [6.07, 6.45) is -4.79. The minimum Gasteiger partial charge on any atom is -0.406 e. The number of benzene rings is 1. The maximum atomic E-state index is 12.1. The molecule has 1 aromatic heterocycles. The van der Waals surface area contributed by atoms with Gasteiger partial charge < -0.3 is 10.5 Å². The van der Waals surface area contributed by atoms with Gasteiger partial charge in [0.15, 0.2) is 5.69 Å². The molecule has 2 N–H and O–H groups in total. The minimum absolute atomic E-state index is 0.0971. The zero-order valence-corrected chi connectivity index (χ0v) is 9.15. The number of carbonyl (C=O) groups is 1. The van der Waals surface area contributed by atoms with Crippen LogP contribution in [0, 0.1) is 0 Å². The molecule has 0 unspecified atom stereocenters. The fourth-order valence-electron chi connectivity index (χ4n) is 1.62. The zero-order valence-electron chi connectivity index (χ0n) is 9.15. The lowest BCUT2D eigenvalue weighted by Crippen LogP contribution is -2.17. The summed E-state index contributed by atoms with van der Waals surface area (Å²) in [7, 11) is 1.55. The van der Waals surface area contributed by atoms with Crippen molar-refractivity contribution in [2.75, 3.05) is 0 Å². The Balaban J connectivity index is 2.56. The van der Waals surface area contributed by atoms with Gasteiger partial charge in [0.2, 0.25) is 0 Å². The molecule has 1 amide bonds. The van der Waals surface area contributed by atoms with Crippen molar-refractivity contribution in [3.05, 3.63) is 23.9 Å². The largest absolute Gasteiger partial charge is 0.573 e. The molecule has 0 atom stereocenters. The van der Waals surface area contributed by atoms with E-state index in [0.717, 1.165) is 12.1 Å². The molecule has 0 saturated heterocycles. The second-order valence-electron chi connectivity index (χ2n) is 3.56. The Morgan fingerprint density at radius 2 is 2.11 bits per heavy atom. The van der Waals surface area contributed by atoms with E-state index in [1.807, 2.05) is 0 Å². The highest BCUT2D eigenvalue weighted by Gasteiger charge is 2.31. The second-order valence-corrected chi connectivity index (χ2v) is 3.56. The number of hydrogen-bond acceptors (Lipinski definition) is 3. The zero-order chi connectivity index (χ0) is 13.5. The number of alkyl halides is 3. The second kappa shape index (κ2) is 3.90. The van der Waals surface area contributed by atoms with Gasteiger partial charge in [0, 0.05) is 12.4 Å². The molecule has 0 aliphatic rings. The van der Waals surface area contributed by atoms with E-state index >= 15 is 0 Å². The van der Waals surface area contributed by atoms with Crippen molar-refractivity contribution in [2.24, 2.45) is 12.8 Å². The van der Waals surface area contributed by atoms with Gasteiger partial charge in [0.1, 0.15) is 5.75 Å². The van der Waals surface area contributed by atoms with E-state index in [-0.39, 0.29) is 11.1 Å². The number of fused-ring (bicyclic) bond motifs is 1. The highest BCUT2D eigenvalue weighted by molar-refractivity contribution is 6.04. The molecule has 18 heavy (non-hydrogen) atoms. The number of rotatable bonds is 2. The average molecular weight is 259 g/mol. The Bertz CT molecular complexity index is 619. The summed E-state index contributed by atoms with van der Waals surface area (Å²) in [5, 5.41) is 4.05. The average Bonchev–Trinajstić information content (AvgIpc) is 2.53. The highest BCUT2D eigenvalue weighted by Crippen LogP contribution is 2.27. The third-order valence-corrected chi connectivity index (χ3v) is 2.29. The summed E-state index contributed by atoms with van der Waals surface area (Å²) in [6.45, 7) is 0. The van der Waals surface area contributed by atoms with Crippen LogP contribution in [-0.2, 0) is 7.05 Å². The minimum atomic E-state index is -4.79. The van der Waals surface area contributed by atoms with Gasteiger partial charge in [-0.2, -0.15) is 5.10 Å². The van der Waals surface area contributed by atoms with E-state index in [4.69, 9.17) is 5.73 Å². The molecule has 0 saturated carbocycles. The molecule has 0 fully saturated rings.